The second-order valence-corrected chi connectivity index (χ2v) is 4.56. The molecule has 0 radical (unpaired) electrons. The van der Waals surface area contributed by atoms with E-state index in [2.05, 4.69) is 18.9 Å². The standard InChI is InChI=1S/C15H20O3/c1-3-5-6-7-13-12(8-9-14(13)16)11-15(17)18-10-4-2/h2,5-6,12-13H,3,7-11H2,1H3/b6-5-. The summed E-state index contributed by atoms with van der Waals surface area (Å²) in [5.74, 6) is 2.33. The van der Waals surface area contributed by atoms with E-state index in [4.69, 9.17) is 11.2 Å². The number of Topliss-reactive ketones (excluding diaryl/α,β-unsaturated/α-hetero) is 1. The van der Waals surface area contributed by atoms with Crippen molar-refractivity contribution in [1.29, 1.82) is 0 Å². The van der Waals surface area contributed by atoms with E-state index in [-0.39, 0.29) is 30.2 Å². The van der Waals surface area contributed by atoms with Crippen LogP contribution < -0.4 is 0 Å². The SMILES string of the molecule is C#CCOC(=O)CC1CCC(=O)C1C/C=C\CC. The van der Waals surface area contributed by atoms with Gasteiger partial charge in [-0.05, 0) is 25.2 Å². The maximum Gasteiger partial charge on any atom is 0.307 e. The summed E-state index contributed by atoms with van der Waals surface area (Å²) in [5.41, 5.74) is 0. The number of ether oxygens (including phenoxy) is 1. The molecule has 1 aliphatic rings. The molecule has 1 aliphatic carbocycles. The third kappa shape index (κ3) is 4.37. The van der Waals surface area contributed by atoms with Crippen LogP contribution in [0.5, 0.6) is 0 Å². The molecule has 1 rings (SSSR count). The van der Waals surface area contributed by atoms with Crippen LogP contribution in [0, 0.1) is 24.2 Å². The van der Waals surface area contributed by atoms with Crippen molar-refractivity contribution < 1.29 is 14.3 Å². The maximum absolute atomic E-state index is 11.8. The first-order valence-corrected chi connectivity index (χ1v) is 6.45. The lowest BCUT2D eigenvalue weighted by Gasteiger charge is -2.15. The summed E-state index contributed by atoms with van der Waals surface area (Å²) in [6.45, 7) is 2.07. The minimum Gasteiger partial charge on any atom is -0.452 e. The lowest BCUT2D eigenvalue weighted by molar-refractivity contribution is -0.143. The number of allylic oxidation sites excluding steroid dienone is 2. The number of carbonyl (C=O) groups excluding carboxylic acids is 2. The Morgan fingerprint density at radius 2 is 2.33 bits per heavy atom. The van der Waals surface area contributed by atoms with Crippen LogP contribution in [0.2, 0.25) is 0 Å². The quantitative estimate of drug-likeness (QED) is 0.412. The summed E-state index contributed by atoms with van der Waals surface area (Å²) >= 11 is 0. The van der Waals surface area contributed by atoms with E-state index >= 15 is 0 Å². The molecule has 18 heavy (non-hydrogen) atoms. The van der Waals surface area contributed by atoms with Crippen molar-refractivity contribution in [2.45, 2.75) is 39.0 Å². The van der Waals surface area contributed by atoms with Crippen molar-refractivity contribution in [1.82, 2.24) is 0 Å². The molecule has 0 saturated heterocycles. The van der Waals surface area contributed by atoms with Gasteiger partial charge in [-0.25, -0.2) is 0 Å². The number of hydrogen-bond donors (Lipinski definition) is 0. The van der Waals surface area contributed by atoms with Gasteiger partial charge in [0.05, 0.1) is 0 Å². The van der Waals surface area contributed by atoms with Gasteiger partial charge >= 0.3 is 5.97 Å². The van der Waals surface area contributed by atoms with Gasteiger partial charge in [-0.15, -0.1) is 6.42 Å². The highest BCUT2D eigenvalue weighted by Crippen LogP contribution is 2.34. The molecule has 0 aromatic heterocycles. The number of rotatable bonds is 6. The predicted octanol–water partition coefficient (Wildman–Crippen LogP) is 2.50. The summed E-state index contributed by atoms with van der Waals surface area (Å²) in [6.07, 6.45) is 12.5. The zero-order valence-corrected chi connectivity index (χ0v) is 10.9. The van der Waals surface area contributed by atoms with Gasteiger partial charge in [0.2, 0.25) is 0 Å². The van der Waals surface area contributed by atoms with Gasteiger partial charge < -0.3 is 4.74 Å². The monoisotopic (exact) mass is 248 g/mol. The molecule has 0 aromatic rings. The lowest BCUT2D eigenvalue weighted by Crippen LogP contribution is -2.18. The van der Waals surface area contributed by atoms with E-state index in [9.17, 15) is 9.59 Å². The summed E-state index contributed by atoms with van der Waals surface area (Å²) in [4.78, 5) is 23.2. The highest BCUT2D eigenvalue weighted by Gasteiger charge is 2.35. The summed E-state index contributed by atoms with van der Waals surface area (Å²) < 4.78 is 4.86. The first-order chi connectivity index (χ1) is 8.69. The molecule has 0 aliphatic heterocycles. The van der Waals surface area contributed by atoms with Crippen molar-refractivity contribution in [2.75, 3.05) is 6.61 Å². The molecule has 2 unspecified atom stereocenters. The van der Waals surface area contributed by atoms with Crippen molar-refractivity contribution in [3.8, 4) is 12.3 Å². The van der Waals surface area contributed by atoms with Gasteiger partial charge in [-0.2, -0.15) is 0 Å². The van der Waals surface area contributed by atoms with Crippen LogP contribution in [0.1, 0.15) is 39.0 Å². The number of esters is 1. The Morgan fingerprint density at radius 1 is 1.56 bits per heavy atom. The molecule has 0 bridgehead atoms. The molecule has 0 N–H and O–H groups in total. The molecule has 0 amide bonds. The molecule has 3 heteroatoms. The van der Waals surface area contributed by atoms with Gasteiger partial charge in [0.1, 0.15) is 5.78 Å². The fourth-order valence-electron chi connectivity index (χ4n) is 2.35. The normalized spacial score (nSPS) is 23.2. The third-order valence-electron chi connectivity index (χ3n) is 3.28. The highest BCUT2D eigenvalue weighted by atomic mass is 16.5. The first kappa shape index (κ1) is 14.5. The third-order valence-corrected chi connectivity index (χ3v) is 3.28. The molecule has 2 atom stereocenters. The second-order valence-electron chi connectivity index (χ2n) is 4.56. The number of ketones is 1. The highest BCUT2D eigenvalue weighted by molar-refractivity contribution is 5.84. The average Bonchev–Trinajstić information content (AvgIpc) is 2.69. The Hall–Kier alpha value is -1.56. The number of carbonyl (C=O) groups is 2. The molecule has 98 valence electrons. The first-order valence-electron chi connectivity index (χ1n) is 6.45. The minimum absolute atomic E-state index is 0.0138. The van der Waals surface area contributed by atoms with Gasteiger partial charge in [0.15, 0.2) is 6.61 Å². The molecule has 0 heterocycles. The van der Waals surface area contributed by atoms with E-state index in [0.717, 1.165) is 19.3 Å². The van der Waals surface area contributed by atoms with Crippen LogP contribution in [0.4, 0.5) is 0 Å². The fraction of sp³-hybridized carbons (Fsp3) is 0.600. The molecule has 3 nitrogen and oxygen atoms in total. The van der Waals surface area contributed by atoms with E-state index in [0.29, 0.717) is 12.8 Å². The predicted molar refractivity (Wildman–Crippen MR) is 69.7 cm³/mol. The van der Waals surface area contributed by atoms with Crippen LogP contribution in [0.3, 0.4) is 0 Å². The van der Waals surface area contributed by atoms with Crippen molar-refractivity contribution in [3.05, 3.63) is 12.2 Å². The zero-order chi connectivity index (χ0) is 13.4. The molecule has 1 saturated carbocycles. The number of hydrogen-bond acceptors (Lipinski definition) is 3. The van der Waals surface area contributed by atoms with Gasteiger partial charge in [-0.1, -0.05) is 25.0 Å². The van der Waals surface area contributed by atoms with Gasteiger partial charge in [0.25, 0.3) is 0 Å². The Kier molecular flexibility index (Phi) is 6.21. The van der Waals surface area contributed by atoms with Crippen LogP contribution in [0.25, 0.3) is 0 Å². The molecule has 0 aromatic carbocycles. The smallest absolute Gasteiger partial charge is 0.307 e. The van der Waals surface area contributed by atoms with E-state index in [1.807, 2.05) is 6.08 Å². The Morgan fingerprint density at radius 3 is 3.00 bits per heavy atom. The van der Waals surface area contributed by atoms with Crippen molar-refractivity contribution in [3.63, 3.8) is 0 Å². The summed E-state index contributed by atoms with van der Waals surface area (Å²) in [6, 6.07) is 0. The Bertz CT molecular complexity index is 362. The van der Waals surface area contributed by atoms with E-state index < -0.39 is 0 Å². The van der Waals surface area contributed by atoms with Crippen LogP contribution >= 0.6 is 0 Å². The average molecular weight is 248 g/mol. The summed E-state index contributed by atoms with van der Waals surface area (Å²) in [7, 11) is 0. The van der Waals surface area contributed by atoms with Crippen molar-refractivity contribution in [2.24, 2.45) is 11.8 Å². The zero-order valence-electron chi connectivity index (χ0n) is 10.9. The topological polar surface area (TPSA) is 43.4 Å². The van der Waals surface area contributed by atoms with Crippen molar-refractivity contribution >= 4 is 11.8 Å². The lowest BCUT2D eigenvalue weighted by atomic mass is 9.89. The number of terminal acetylenes is 1. The summed E-state index contributed by atoms with van der Waals surface area (Å²) in [5, 5.41) is 0. The van der Waals surface area contributed by atoms with Crippen LogP contribution in [0.15, 0.2) is 12.2 Å². The van der Waals surface area contributed by atoms with Crippen LogP contribution in [-0.2, 0) is 14.3 Å². The molecule has 1 fully saturated rings. The molecular weight excluding hydrogens is 228 g/mol. The molecular formula is C15H20O3. The maximum atomic E-state index is 11.8. The van der Waals surface area contributed by atoms with E-state index in [1.54, 1.807) is 0 Å². The fourth-order valence-corrected chi connectivity index (χ4v) is 2.35. The molecule has 0 spiro atoms. The Labute approximate surface area is 109 Å². The van der Waals surface area contributed by atoms with Gasteiger partial charge in [-0.3, -0.25) is 9.59 Å². The second kappa shape index (κ2) is 7.71. The van der Waals surface area contributed by atoms with Gasteiger partial charge in [0, 0.05) is 18.8 Å². The largest absolute Gasteiger partial charge is 0.452 e. The Balaban J connectivity index is 2.48. The van der Waals surface area contributed by atoms with Crippen LogP contribution in [-0.4, -0.2) is 18.4 Å². The minimum atomic E-state index is -0.294. The van der Waals surface area contributed by atoms with E-state index in [1.165, 1.54) is 0 Å².